The number of benzene rings is 3. The van der Waals surface area contributed by atoms with Crippen LogP contribution in [0.5, 0.6) is 11.5 Å². The fourth-order valence-electron chi connectivity index (χ4n) is 5.37. The van der Waals surface area contributed by atoms with E-state index in [1.807, 2.05) is 60.8 Å². The smallest absolute Gasteiger partial charge is 0.256 e. The normalized spacial score (nSPS) is 15.8. The highest BCUT2D eigenvalue weighted by atomic mass is 35.5. The number of rotatable bonds is 7. The Morgan fingerprint density at radius 1 is 0.923 bits per heavy atom. The highest BCUT2D eigenvalue weighted by Gasteiger charge is 2.41. The number of anilines is 1. The summed E-state index contributed by atoms with van der Waals surface area (Å²) in [6, 6.07) is 23.8. The second kappa shape index (κ2) is 10.2. The van der Waals surface area contributed by atoms with Crippen molar-refractivity contribution in [2.45, 2.75) is 24.9 Å². The Hall–Kier alpha value is -4.23. The van der Waals surface area contributed by atoms with E-state index in [1.165, 1.54) is 0 Å². The lowest BCUT2D eigenvalue weighted by Crippen LogP contribution is -2.47. The third-order valence-corrected chi connectivity index (χ3v) is 7.71. The summed E-state index contributed by atoms with van der Waals surface area (Å²) >= 11 is 6.38. The molecule has 1 aliphatic carbocycles. The van der Waals surface area contributed by atoms with Crippen LogP contribution in [0.3, 0.4) is 0 Å². The molecule has 0 spiro atoms. The molecule has 2 heterocycles. The van der Waals surface area contributed by atoms with Gasteiger partial charge >= 0.3 is 0 Å². The van der Waals surface area contributed by atoms with Crippen LogP contribution >= 0.6 is 11.6 Å². The fraction of sp³-hybridized carbons (Fsp3) is 0.226. The van der Waals surface area contributed by atoms with E-state index in [0.717, 1.165) is 35.5 Å². The molecule has 1 atom stereocenters. The Labute approximate surface area is 232 Å². The van der Waals surface area contributed by atoms with Crippen molar-refractivity contribution in [1.82, 2.24) is 9.47 Å². The van der Waals surface area contributed by atoms with Gasteiger partial charge in [-0.2, -0.15) is 0 Å². The summed E-state index contributed by atoms with van der Waals surface area (Å²) in [5, 5.41) is 0.376. The van der Waals surface area contributed by atoms with Crippen molar-refractivity contribution in [3.8, 4) is 17.2 Å². The van der Waals surface area contributed by atoms with Gasteiger partial charge in [-0.15, -0.1) is 0 Å². The van der Waals surface area contributed by atoms with E-state index in [4.69, 9.17) is 21.1 Å². The molecular weight excluding hydrogens is 514 g/mol. The molecule has 39 heavy (non-hydrogen) atoms. The third kappa shape index (κ3) is 4.42. The molecule has 6 rings (SSSR count). The Morgan fingerprint density at radius 3 is 2.38 bits per heavy atom. The predicted molar refractivity (Wildman–Crippen MR) is 150 cm³/mol. The van der Waals surface area contributed by atoms with Crippen molar-refractivity contribution in [1.29, 1.82) is 0 Å². The highest BCUT2D eigenvalue weighted by molar-refractivity contribution is 6.33. The van der Waals surface area contributed by atoms with Gasteiger partial charge in [-0.25, -0.2) is 0 Å². The van der Waals surface area contributed by atoms with Crippen LogP contribution < -0.4 is 14.4 Å². The van der Waals surface area contributed by atoms with E-state index in [2.05, 4.69) is 4.57 Å². The second-order valence-corrected chi connectivity index (χ2v) is 10.1. The fourth-order valence-corrected chi connectivity index (χ4v) is 5.59. The van der Waals surface area contributed by atoms with Gasteiger partial charge in [0.25, 0.3) is 5.91 Å². The second-order valence-electron chi connectivity index (χ2n) is 9.71. The van der Waals surface area contributed by atoms with Gasteiger partial charge in [0.1, 0.15) is 24.1 Å². The van der Waals surface area contributed by atoms with E-state index >= 15 is 0 Å². The molecule has 1 fully saturated rings. The van der Waals surface area contributed by atoms with Gasteiger partial charge in [-0.3, -0.25) is 14.5 Å². The van der Waals surface area contributed by atoms with Crippen LogP contribution in [0.2, 0.25) is 5.02 Å². The molecule has 8 heteroatoms. The Balaban J connectivity index is 1.46. The first-order chi connectivity index (χ1) is 19.0. The maximum atomic E-state index is 14.4. The minimum absolute atomic E-state index is 0.00595. The van der Waals surface area contributed by atoms with Crippen molar-refractivity contribution < 1.29 is 19.1 Å². The molecule has 198 valence electrons. The van der Waals surface area contributed by atoms with Crippen LogP contribution in [0.4, 0.5) is 5.69 Å². The summed E-state index contributed by atoms with van der Waals surface area (Å²) in [7, 11) is 3.23. The van der Waals surface area contributed by atoms with Crippen LogP contribution in [-0.2, 0) is 4.79 Å². The minimum Gasteiger partial charge on any atom is -0.497 e. The first kappa shape index (κ1) is 25.1. The number of halogens is 1. The maximum Gasteiger partial charge on any atom is 0.256 e. The number of methoxy groups -OCH3 is 2. The summed E-state index contributed by atoms with van der Waals surface area (Å²) in [5.74, 6) is 0.860. The van der Waals surface area contributed by atoms with Gasteiger partial charge in [-0.1, -0.05) is 35.9 Å². The van der Waals surface area contributed by atoms with E-state index in [9.17, 15) is 9.59 Å². The standard InChI is InChI=1S/C31H28ClN3O4/c1-38-21-15-16-28(39-2)23(18-21)30-27-12-7-17-33(27)25-10-5-6-11-26(25)35(30)29(36)19-34(20-13-14-20)31(37)22-8-3-4-9-24(22)32/h3-12,15-18,20,30H,13-14,19H2,1-2H3. The molecule has 1 aliphatic heterocycles. The summed E-state index contributed by atoms with van der Waals surface area (Å²) in [6.45, 7) is -0.0768. The molecule has 0 bridgehead atoms. The van der Waals surface area contributed by atoms with Crippen LogP contribution in [0.1, 0.15) is 40.5 Å². The molecule has 1 aromatic heterocycles. The van der Waals surface area contributed by atoms with Gasteiger partial charge in [0.2, 0.25) is 5.91 Å². The minimum atomic E-state index is -0.510. The Bertz CT molecular complexity index is 1560. The average molecular weight is 542 g/mol. The zero-order chi connectivity index (χ0) is 27.1. The lowest BCUT2D eigenvalue weighted by molar-refractivity contribution is -0.119. The van der Waals surface area contributed by atoms with E-state index < -0.39 is 6.04 Å². The van der Waals surface area contributed by atoms with Crippen molar-refractivity contribution in [3.63, 3.8) is 0 Å². The van der Waals surface area contributed by atoms with Crippen molar-refractivity contribution >= 4 is 29.1 Å². The van der Waals surface area contributed by atoms with E-state index in [0.29, 0.717) is 22.1 Å². The van der Waals surface area contributed by atoms with Gasteiger partial charge in [0, 0.05) is 17.8 Å². The number of aromatic nitrogens is 1. The largest absolute Gasteiger partial charge is 0.497 e. The Kier molecular flexibility index (Phi) is 6.53. The van der Waals surface area contributed by atoms with Crippen LogP contribution in [-0.4, -0.2) is 48.1 Å². The van der Waals surface area contributed by atoms with Crippen LogP contribution in [0, 0.1) is 0 Å². The van der Waals surface area contributed by atoms with Crippen LogP contribution in [0.25, 0.3) is 5.69 Å². The van der Waals surface area contributed by atoms with E-state index in [1.54, 1.807) is 48.3 Å². The first-order valence-corrected chi connectivity index (χ1v) is 13.3. The zero-order valence-corrected chi connectivity index (χ0v) is 22.5. The van der Waals surface area contributed by atoms with Gasteiger partial charge < -0.3 is 18.9 Å². The molecule has 7 nitrogen and oxygen atoms in total. The lowest BCUT2D eigenvalue weighted by atomic mass is 9.96. The number of hydrogen-bond donors (Lipinski definition) is 0. The molecule has 3 aromatic carbocycles. The van der Waals surface area contributed by atoms with E-state index in [-0.39, 0.29) is 24.4 Å². The maximum absolute atomic E-state index is 14.4. The number of nitrogens with zero attached hydrogens (tertiary/aromatic N) is 3. The number of fused-ring (bicyclic) bond motifs is 3. The summed E-state index contributed by atoms with van der Waals surface area (Å²) in [4.78, 5) is 31.5. The summed E-state index contributed by atoms with van der Waals surface area (Å²) in [6.07, 6.45) is 3.71. The molecule has 0 radical (unpaired) electrons. The summed E-state index contributed by atoms with van der Waals surface area (Å²) < 4.78 is 13.4. The number of amides is 2. The van der Waals surface area contributed by atoms with Crippen LogP contribution in [0.15, 0.2) is 85.1 Å². The molecule has 1 saturated carbocycles. The molecule has 1 unspecified atom stereocenters. The lowest BCUT2D eigenvalue weighted by Gasteiger charge is -2.40. The molecule has 2 amide bonds. The number of hydrogen-bond acceptors (Lipinski definition) is 4. The molecule has 2 aliphatic rings. The van der Waals surface area contributed by atoms with Gasteiger partial charge in [-0.05, 0) is 67.4 Å². The summed E-state index contributed by atoms with van der Waals surface area (Å²) in [5.41, 5.74) is 3.73. The van der Waals surface area contributed by atoms with Gasteiger partial charge in [0.05, 0.1) is 41.9 Å². The van der Waals surface area contributed by atoms with Crippen molar-refractivity contribution in [3.05, 3.63) is 107 Å². The number of carbonyl (C=O) groups is 2. The average Bonchev–Trinajstić information content (AvgIpc) is 3.69. The first-order valence-electron chi connectivity index (χ1n) is 12.9. The van der Waals surface area contributed by atoms with Crippen molar-refractivity contribution in [2.75, 3.05) is 25.7 Å². The van der Waals surface area contributed by atoms with Gasteiger partial charge in [0.15, 0.2) is 0 Å². The zero-order valence-electron chi connectivity index (χ0n) is 21.7. The molecule has 0 saturated heterocycles. The third-order valence-electron chi connectivity index (χ3n) is 7.38. The molecular formula is C31H28ClN3O4. The Morgan fingerprint density at radius 2 is 1.67 bits per heavy atom. The number of ether oxygens (including phenoxy) is 2. The SMILES string of the molecule is COc1ccc(OC)c(C2c3cccn3-c3ccccc3N2C(=O)CN(C(=O)c2ccccc2Cl)C2CC2)c1. The predicted octanol–water partition coefficient (Wildman–Crippen LogP) is 5.89. The van der Waals surface area contributed by atoms with Crippen molar-refractivity contribution in [2.24, 2.45) is 0 Å². The number of carbonyl (C=O) groups excluding carboxylic acids is 2. The highest BCUT2D eigenvalue weighted by Crippen LogP contribution is 2.45. The topological polar surface area (TPSA) is 64.0 Å². The molecule has 0 N–H and O–H groups in total. The quantitative estimate of drug-likeness (QED) is 0.293. The number of para-hydroxylation sites is 2. The molecule has 4 aromatic rings. The monoisotopic (exact) mass is 541 g/mol.